The third-order valence-electron chi connectivity index (χ3n) is 1.94. The van der Waals surface area contributed by atoms with Crippen molar-refractivity contribution >= 4 is 21.5 Å². The predicted molar refractivity (Wildman–Crippen MR) is 53.0 cm³/mol. The van der Waals surface area contributed by atoms with Crippen LogP contribution in [0.3, 0.4) is 0 Å². The van der Waals surface area contributed by atoms with Gasteiger partial charge in [0.15, 0.2) is 10.7 Å². The molecule has 0 atom stereocenters. The zero-order valence-corrected chi connectivity index (χ0v) is 7.99. The third kappa shape index (κ3) is 1.44. The van der Waals surface area contributed by atoms with Crippen LogP contribution < -0.4 is 0 Å². The van der Waals surface area contributed by atoms with Gasteiger partial charge in [-0.2, -0.15) is 0 Å². The first-order chi connectivity index (χ1) is 6.68. The van der Waals surface area contributed by atoms with Crippen LogP contribution in [0.4, 0.5) is 0 Å². The Balaban J connectivity index is 2.85. The molecule has 1 N–H and O–H groups in total. The second-order valence-corrected chi connectivity index (χ2v) is 3.89. The number of rotatable bonds is 1. The zero-order valence-electron chi connectivity index (χ0n) is 7.10. The van der Waals surface area contributed by atoms with Crippen LogP contribution in [0.15, 0.2) is 35.2 Å². The lowest BCUT2D eigenvalue weighted by molar-refractivity contribution is 0.480. The van der Waals surface area contributed by atoms with Gasteiger partial charge < -0.3 is 5.11 Å². The van der Waals surface area contributed by atoms with Gasteiger partial charge in [0.2, 0.25) is 0 Å². The van der Waals surface area contributed by atoms with Gasteiger partial charge in [0.1, 0.15) is 5.75 Å². The Hall–Kier alpha value is -1.55. The van der Waals surface area contributed by atoms with Crippen molar-refractivity contribution in [2.75, 3.05) is 0 Å². The highest BCUT2D eigenvalue weighted by Gasteiger charge is 2.03. The number of hydrogen-bond donors (Lipinski definition) is 2. The Kier molecular flexibility index (Phi) is 2.13. The highest BCUT2D eigenvalue weighted by Crippen LogP contribution is 2.26. The molecule has 0 aliphatic rings. The molecule has 0 aliphatic heterocycles. The van der Waals surface area contributed by atoms with Crippen molar-refractivity contribution in [3.8, 4) is 5.75 Å². The summed E-state index contributed by atoms with van der Waals surface area (Å²) in [5, 5.41) is 10.7. The van der Waals surface area contributed by atoms with E-state index in [0.717, 1.165) is 0 Å². The second-order valence-electron chi connectivity index (χ2n) is 2.86. The molecule has 2 aromatic rings. The molecule has 2 rings (SSSR count). The Morgan fingerprint density at radius 3 is 2.79 bits per heavy atom. The number of thiol groups is 1. The van der Waals surface area contributed by atoms with Crippen molar-refractivity contribution in [1.29, 1.82) is 0 Å². The molecule has 14 heavy (non-hydrogen) atoms. The van der Waals surface area contributed by atoms with E-state index in [4.69, 9.17) is 0 Å². The van der Waals surface area contributed by atoms with E-state index < -0.39 is 10.7 Å². The summed E-state index contributed by atoms with van der Waals surface area (Å²) >= 11 is 0. The van der Waals surface area contributed by atoms with Crippen LogP contribution in [-0.4, -0.2) is 13.5 Å². The summed E-state index contributed by atoms with van der Waals surface area (Å²) in [6.45, 7) is 0. The SMILES string of the molecule is O=[SH](=O)c1cc(O)c2[c]cccc2c1. The van der Waals surface area contributed by atoms with E-state index in [9.17, 15) is 13.5 Å². The molecule has 0 heterocycles. The maximum Gasteiger partial charge on any atom is 0.168 e. The van der Waals surface area contributed by atoms with E-state index in [2.05, 4.69) is 6.07 Å². The topological polar surface area (TPSA) is 54.4 Å². The fourth-order valence-corrected chi connectivity index (χ4v) is 1.78. The number of aromatic hydroxyl groups is 1. The van der Waals surface area contributed by atoms with Crippen LogP contribution in [0.1, 0.15) is 0 Å². The maximum atomic E-state index is 10.7. The minimum atomic E-state index is -2.66. The molecule has 0 amide bonds. The smallest absolute Gasteiger partial charge is 0.168 e. The van der Waals surface area contributed by atoms with Gasteiger partial charge in [0.25, 0.3) is 0 Å². The minimum Gasteiger partial charge on any atom is -0.507 e. The monoisotopic (exact) mass is 207 g/mol. The third-order valence-corrected chi connectivity index (χ3v) is 2.62. The molecule has 2 aromatic carbocycles. The van der Waals surface area contributed by atoms with E-state index >= 15 is 0 Å². The van der Waals surface area contributed by atoms with Crippen LogP contribution in [-0.2, 0) is 10.7 Å². The standard InChI is InChI=1S/C10H7O3S/c11-10-6-8(14(12)13)5-7-3-1-2-4-9(7)10/h1-3,5-6,11,14H. The number of benzene rings is 2. The van der Waals surface area contributed by atoms with E-state index in [0.29, 0.717) is 10.8 Å². The molecule has 0 fully saturated rings. The average molecular weight is 207 g/mol. The van der Waals surface area contributed by atoms with Gasteiger partial charge in [-0.3, -0.25) is 0 Å². The molecule has 3 nitrogen and oxygen atoms in total. The summed E-state index contributed by atoms with van der Waals surface area (Å²) in [4.78, 5) is 0.115. The van der Waals surface area contributed by atoms with E-state index in [-0.39, 0.29) is 10.6 Å². The maximum absolute atomic E-state index is 10.7. The fourth-order valence-electron chi connectivity index (χ4n) is 1.31. The normalized spacial score (nSPS) is 10.9. The Labute approximate surface area is 82.6 Å². The Bertz CT molecular complexity index is 550. The van der Waals surface area contributed by atoms with Crippen molar-refractivity contribution in [3.05, 3.63) is 36.4 Å². The first kappa shape index (κ1) is 9.02. The number of fused-ring (bicyclic) bond motifs is 1. The van der Waals surface area contributed by atoms with Crippen molar-refractivity contribution in [1.82, 2.24) is 0 Å². The molecule has 0 spiro atoms. The van der Waals surface area contributed by atoms with E-state index in [1.807, 2.05) is 0 Å². The largest absolute Gasteiger partial charge is 0.507 e. The second kappa shape index (κ2) is 3.31. The zero-order chi connectivity index (χ0) is 10.1. The fraction of sp³-hybridized carbons (Fsp3) is 0. The Morgan fingerprint density at radius 1 is 1.29 bits per heavy atom. The first-order valence-corrected chi connectivity index (χ1v) is 5.14. The molecule has 1 radical (unpaired) electrons. The number of hydrogen-bond acceptors (Lipinski definition) is 3. The molecule has 4 heteroatoms. The van der Waals surface area contributed by atoms with Gasteiger partial charge in [-0.15, -0.1) is 0 Å². The van der Waals surface area contributed by atoms with Gasteiger partial charge in [-0.25, -0.2) is 8.42 Å². The lowest BCUT2D eigenvalue weighted by Crippen LogP contribution is -1.82. The van der Waals surface area contributed by atoms with Gasteiger partial charge in [-0.1, -0.05) is 18.2 Å². The summed E-state index contributed by atoms with van der Waals surface area (Å²) in [5.41, 5.74) is 0. The molecule has 0 aromatic heterocycles. The summed E-state index contributed by atoms with van der Waals surface area (Å²) in [6.07, 6.45) is 0. The molecule has 0 unspecified atom stereocenters. The van der Waals surface area contributed by atoms with Gasteiger partial charge in [0.05, 0.1) is 4.90 Å². The van der Waals surface area contributed by atoms with Crippen LogP contribution >= 0.6 is 0 Å². The summed E-state index contributed by atoms with van der Waals surface area (Å²) in [7, 11) is -2.66. The number of phenolic OH excluding ortho intramolecular Hbond substituents is 1. The van der Waals surface area contributed by atoms with Gasteiger partial charge >= 0.3 is 0 Å². The van der Waals surface area contributed by atoms with Crippen LogP contribution in [0.5, 0.6) is 5.75 Å². The van der Waals surface area contributed by atoms with Crippen LogP contribution in [0, 0.1) is 6.07 Å². The number of phenols is 1. The quantitative estimate of drug-likeness (QED) is 0.693. The highest BCUT2D eigenvalue weighted by atomic mass is 32.2. The lowest BCUT2D eigenvalue weighted by atomic mass is 10.1. The average Bonchev–Trinajstić information content (AvgIpc) is 2.17. The summed E-state index contributed by atoms with van der Waals surface area (Å²) < 4.78 is 21.4. The lowest BCUT2D eigenvalue weighted by Gasteiger charge is -2.00. The molecule has 0 saturated heterocycles. The van der Waals surface area contributed by atoms with E-state index in [1.54, 1.807) is 18.2 Å². The van der Waals surface area contributed by atoms with E-state index in [1.165, 1.54) is 12.1 Å². The first-order valence-electron chi connectivity index (χ1n) is 3.96. The Morgan fingerprint density at radius 2 is 2.07 bits per heavy atom. The molecule has 0 aliphatic carbocycles. The van der Waals surface area contributed by atoms with Gasteiger partial charge in [0, 0.05) is 5.39 Å². The molecular formula is C10H7O3S. The highest BCUT2D eigenvalue weighted by molar-refractivity contribution is 7.72. The van der Waals surface area contributed by atoms with Crippen molar-refractivity contribution in [3.63, 3.8) is 0 Å². The molecule has 0 bridgehead atoms. The summed E-state index contributed by atoms with van der Waals surface area (Å²) in [5.74, 6) is -0.0581. The molecule has 0 saturated carbocycles. The molecule has 71 valence electrons. The summed E-state index contributed by atoms with van der Waals surface area (Å²) in [6, 6.07) is 10.7. The van der Waals surface area contributed by atoms with Crippen LogP contribution in [0.25, 0.3) is 10.8 Å². The van der Waals surface area contributed by atoms with Crippen molar-refractivity contribution < 1.29 is 13.5 Å². The van der Waals surface area contributed by atoms with Gasteiger partial charge in [-0.05, 0) is 23.6 Å². The van der Waals surface area contributed by atoms with Crippen LogP contribution in [0.2, 0.25) is 0 Å². The molecular weight excluding hydrogens is 200 g/mol. The predicted octanol–water partition coefficient (Wildman–Crippen LogP) is 1.32. The minimum absolute atomic E-state index is 0.0581. The van der Waals surface area contributed by atoms with Crippen molar-refractivity contribution in [2.45, 2.75) is 4.90 Å². The van der Waals surface area contributed by atoms with Crippen molar-refractivity contribution in [2.24, 2.45) is 0 Å².